The highest BCUT2D eigenvalue weighted by atomic mass is 127. The Bertz CT molecular complexity index is 686. The summed E-state index contributed by atoms with van der Waals surface area (Å²) in [4.78, 5) is 6.72. The number of guanidine groups is 1. The van der Waals surface area contributed by atoms with E-state index < -0.39 is 6.61 Å². The molecule has 1 saturated heterocycles. The van der Waals surface area contributed by atoms with Crippen molar-refractivity contribution in [2.45, 2.75) is 45.3 Å². The second-order valence-corrected chi connectivity index (χ2v) is 7.15. The molecule has 1 fully saturated rings. The topological polar surface area (TPSA) is 67.4 Å². The number of ether oxygens (including phenoxy) is 3. The largest absolute Gasteiger partial charge is 0.454 e. The number of halogens is 3. The van der Waals surface area contributed by atoms with Gasteiger partial charge in [-0.15, -0.1) is 24.0 Å². The Balaban J connectivity index is 0.00000320. The van der Waals surface area contributed by atoms with Crippen molar-refractivity contribution < 1.29 is 23.0 Å². The molecule has 3 rings (SSSR count). The van der Waals surface area contributed by atoms with Crippen molar-refractivity contribution in [3.63, 3.8) is 0 Å². The van der Waals surface area contributed by atoms with Gasteiger partial charge >= 0.3 is 6.61 Å². The molecular formula is C20H31F2IN4O3. The number of fused-ring (bicyclic) bond motifs is 1. The van der Waals surface area contributed by atoms with Crippen LogP contribution in [0.3, 0.4) is 0 Å². The second kappa shape index (κ2) is 13.0. The molecule has 0 amide bonds. The minimum absolute atomic E-state index is 0. The van der Waals surface area contributed by atoms with Gasteiger partial charge in [-0.05, 0) is 45.0 Å². The number of hydrogen-bond acceptors (Lipinski definition) is 5. The summed E-state index contributed by atoms with van der Waals surface area (Å²) in [6.07, 6.45) is 6.26. The summed E-state index contributed by atoms with van der Waals surface area (Å²) in [5, 5.41) is 6.42. The van der Waals surface area contributed by atoms with Crippen LogP contribution in [0.15, 0.2) is 17.1 Å². The molecule has 10 heteroatoms. The van der Waals surface area contributed by atoms with Gasteiger partial charge in [-0.2, -0.15) is 8.78 Å². The maximum absolute atomic E-state index is 12.7. The SMILES string of the molecule is CN=C(NCCCN1CCCCCC1)NCc1cc2c(cc1OC(F)F)OCO2.I. The van der Waals surface area contributed by atoms with Gasteiger partial charge in [0.15, 0.2) is 17.5 Å². The Labute approximate surface area is 193 Å². The Hall–Kier alpha value is -1.56. The standard InChI is InChI=1S/C20H30F2N4O3.HI/c1-23-20(24-7-6-10-26-8-4-2-3-5-9-26)25-13-15-11-17-18(28-14-27-17)12-16(15)29-19(21)22;/h11-12,19H,2-10,13-14H2,1H3,(H2,23,24,25);1H. The molecular weight excluding hydrogens is 509 g/mol. The van der Waals surface area contributed by atoms with Crippen LogP contribution in [0.4, 0.5) is 8.78 Å². The van der Waals surface area contributed by atoms with Crippen molar-refractivity contribution in [1.29, 1.82) is 0 Å². The predicted molar refractivity (Wildman–Crippen MR) is 122 cm³/mol. The number of rotatable bonds is 8. The van der Waals surface area contributed by atoms with Gasteiger partial charge in [0.05, 0.1) is 0 Å². The first-order valence-electron chi connectivity index (χ1n) is 10.2. The summed E-state index contributed by atoms with van der Waals surface area (Å²) in [6.45, 7) is 1.65. The van der Waals surface area contributed by atoms with Crippen LogP contribution in [0.2, 0.25) is 0 Å². The average molecular weight is 540 g/mol. The van der Waals surface area contributed by atoms with E-state index in [1.807, 2.05) is 0 Å². The summed E-state index contributed by atoms with van der Waals surface area (Å²) in [5.74, 6) is 1.60. The molecule has 0 saturated carbocycles. The van der Waals surface area contributed by atoms with Gasteiger partial charge in [-0.3, -0.25) is 4.99 Å². The number of benzene rings is 1. The summed E-state index contributed by atoms with van der Waals surface area (Å²) in [6, 6.07) is 3.09. The highest BCUT2D eigenvalue weighted by Crippen LogP contribution is 2.38. The minimum Gasteiger partial charge on any atom is -0.454 e. The predicted octanol–water partition coefficient (Wildman–Crippen LogP) is 3.57. The molecule has 2 aliphatic heterocycles. The first-order valence-corrected chi connectivity index (χ1v) is 10.2. The number of hydrogen-bond donors (Lipinski definition) is 2. The van der Waals surface area contributed by atoms with Gasteiger partial charge in [0.2, 0.25) is 6.79 Å². The summed E-state index contributed by atoms with van der Waals surface area (Å²) < 4.78 is 40.7. The third kappa shape index (κ3) is 7.60. The molecule has 2 aliphatic rings. The van der Waals surface area contributed by atoms with Gasteiger partial charge in [-0.1, -0.05) is 12.8 Å². The Morgan fingerprint density at radius 1 is 1.13 bits per heavy atom. The van der Waals surface area contributed by atoms with Crippen molar-refractivity contribution in [3.8, 4) is 17.2 Å². The maximum atomic E-state index is 12.7. The van der Waals surface area contributed by atoms with Crippen LogP contribution >= 0.6 is 24.0 Å². The van der Waals surface area contributed by atoms with Crippen molar-refractivity contribution in [2.75, 3.05) is 40.0 Å². The third-order valence-corrected chi connectivity index (χ3v) is 5.08. The molecule has 0 aliphatic carbocycles. The van der Waals surface area contributed by atoms with E-state index in [-0.39, 0.29) is 43.1 Å². The molecule has 7 nitrogen and oxygen atoms in total. The Morgan fingerprint density at radius 2 is 1.83 bits per heavy atom. The lowest BCUT2D eigenvalue weighted by atomic mass is 10.1. The highest BCUT2D eigenvalue weighted by molar-refractivity contribution is 14.0. The lowest BCUT2D eigenvalue weighted by Crippen LogP contribution is -2.38. The van der Waals surface area contributed by atoms with Crippen LogP contribution in [0.1, 0.15) is 37.7 Å². The molecule has 0 unspecified atom stereocenters. The number of aliphatic imine (C=N–C) groups is 1. The molecule has 0 radical (unpaired) electrons. The van der Waals surface area contributed by atoms with E-state index in [1.54, 1.807) is 13.1 Å². The molecule has 2 N–H and O–H groups in total. The zero-order valence-electron chi connectivity index (χ0n) is 17.3. The summed E-state index contributed by atoms with van der Waals surface area (Å²) in [7, 11) is 1.68. The average Bonchev–Trinajstić information content (AvgIpc) is 2.99. The van der Waals surface area contributed by atoms with E-state index in [9.17, 15) is 8.78 Å². The van der Waals surface area contributed by atoms with Crippen molar-refractivity contribution in [2.24, 2.45) is 4.99 Å². The van der Waals surface area contributed by atoms with Crippen LogP contribution in [-0.4, -0.2) is 57.5 Å². The van der Waals surface area contributed by atoms with Crippen LogP contribution in [0.25, 0.3) is 0 Å². The number of nitrogens with zero attached hydrogens (tertiary/aromatic N) is 2. The summed E-state index contributed by atoms with van der Waals surface area (Å²) >= 11 is 0. The van der Waals surface area contributed by atoms with Crippen molar-refractivity contribution in [1.82, 2.24) is 15.5 Å². The van der Waals surface area contributed by atoms with Crippen LogP contribution < -0.4 is 24.8 Å². The van der Waals surface area contributed by atoms with Gasteiger partial charge in [0.1, 0.15) is 5.75 Å². The van der Waals surface area contributed by atoms with Gasteiger partial charge in [0.25, 0.3) is 0 Å². The van der Waals surface area contributed by atoms with Gasteiger partial charge < -0.3 is 29.7 Å². The number of alkyl halides is 2. The molecule has 30 heavy (non-hydrogen) atoms. The first-order chi connectivity index (χ1) is 14.2. The number of likely N-dealkylation sites (tertiary alicyclic amines) is 1. The minimum atomic E-state index is -2.91. The second-order valence-electron chi connectivity index (χ2n) is 7.15. The molecule has 2 heterocycles. The van der Waals surface area contributed by atoms with Gasteiger partial charge in [-0.25, -0.2) is 0 Å². The fourth-order valence-corrected chi connectivity index (χ4v) is 3.58. The molecule has 0 aromatic heterocycles. The lowest BCUT2D eigenvalue weighted by molar-refractivity contribution is -0.0505. The van der Waals surface area contributed by atoms with Crippen molar-refractivity contribution >= 4 is 29.9 Å². The maximum Gasteiger partial charge on any atom is 0.387 e. The lowest BCUT2D eigenvalue weighted by Gasteiger charge is -2.20. The van der Waals surface area contributed by atoms with Crippen LogP contribution in [-0.2, 0) is 6.54 Å². The van der Waals surface area contributed by atoms with E-state index in [0.717, 1.165) is 19.5 Å². The van der Waals surface area contributed by atoms with E-state index in [4.69, 9.17) is 9.47 Å². The fourth-order valence-electron chi connectivity index (χ4n) is 3.58. The van der Waals surface area contributed by atoms with Gasteiger partial charge in [0, 0.05) is 31.8 Å². The fraction of sp³-hybridized carbons (Fsp3) is 0.650. The monoisotopic (exact) mass is 540 g/mol. The Kier molecular flexibility index (Phi) is 10.7. The zero-order valence-corrected chi connectivity index (χ0v) is 19.6. The van der Waals surface area contributed by atoms with Crippen LogP contribution in [0.5, 0.6) is 17.2 Å². The highest BCUT2D eigenvalue weighted by Gasteiger charge is 2.20. The van der Waals surface area contributed by atoms with E-state index in [1.165, 1.54) is 44.8 Å². The quantitative estimate of drug-likeness (QED) is 0.228. The van der Waals surface area contributed by atoms with Crippen LogP contribution in [0, 0.1) is 0 Å². The normalized spacial score (nSPS) is 16.7. The molecule has 0 spiro atoms. The van der Waals surface area contributed by atoms with E-state index in [2.05, 4.69) is 25.3 Å². The Morgan fingerprint density at radius 3 is 2.50 bits per heavy atom. The zero-order chi connectivity index (χ0) is 20.5. The van der Waals surface area contributed by atoms with Crippen molar-refractivity contribution in [3.05, 3.63) is 17.7 Å². The summed E-state index contributed by atoms with van der Waals surface area (Å²) in [5.41, 5.74) is 0.544. The van der Waals surface area contributed by atoms with E-state index in [0.29, 0.717) is 23.0 Å². The smallest absolute Gasteiger partial charge is 0.387 e. The third-order valence-electron chi connectivity index (χ3n) is 5.08. The molecule has 1 aromatic rings. The first kappa shape index (κ1) is 24.7. The van der Waals surface area contributed by atoms with E-state index >= 15 is 0 Å². The molecule has 0 atom stereocenters. The number of nitrogens with one attached hydrogen (secondary N) is 2. The molecule has 0 bridgehead atoms. The molecule has 170 valence electrons. The molecule has 1 aromatic carbocycles.